The molecule has 50 heavy (non-hydrogen) atoms. The van der Waals surface area contributed by atoms with E-state index in [2.05, 4.69) is 115 Å². The van der Waals surface area contributed by atoms with Crippen LogP contribution in [0.15, 0.2) is 170 Å². The van der Waals surface area contributed by atoms with E-state index in [-0.39, 0.29) is 0 Å². The molecule has 0 fully saturated rings. The molecule has 4 heteroatoms. The maximum atomic E-state index is 5.22. The second-order valence-corrected chi connectivity index (χ2v) is 12.6. The largest absolute Gasteiger partial charge is 0.254 e. The van der Waals surface area contributed by atoms with Gasteiger partial charge in [0.25, 0.3) is 0 Å². The van der Waals surface area contributed by atoms with Crippen LogP contribution in [-0.4, -0.2) is 19.9 Å². The minimum Gasteiger partial charge on any atom is -0.254 e. The summed E-state index contributed by atoms with van der Waals surface area (Å²) in [6.07, 6.45) is 5.76. The molecule has 0 unspecified atom stereocenters. The summed E-state index contributed by atoms with van der Waals surface area (Å²) < 4.78 is 0. The monoisotopic (exact) mass is 636 g/mol. The van der Waals surface area contributed by atoms with E-state index in [1.807, 2.05) is 55.0 Å². The molecule has 7 aromatic carbocycles. The number of fused-ring (bicyclic) bond motifs is 6. The van der Waals surface area contributed by atoms with Gasteiger partial charge in [-0.3, -0.25) is 4.98 Å². The Morgan fingerprint density at radius 1 is 0.340 bits per heavy atom. The van der Waals surface area contributed by atoms with Gasteiger partial charge in [0.1, 0.15) is 0 Å². The van der Waals surface area contributed by atoms with Crippen LogP contribution in [0.1, 0.15) is 0 Å². The van der Waals surface area contributed by atoms with Gasteiger partial charge in [-0.05, 0) is 55.6 Å². The molecule has 0 bridgehead atoms. The lowest BCUT2D eigenvalue weighted by atomic mass is 9.84. The lowest BCUT2D eigenvalue weighted by molar-refractivity contribution is 1.18. The summed E-state index contributed by atoms with van der Waals surface area (Å²) in [7, 11) is 0. The van der Waals surface area contributed by atoms with Crippen LogP contribution in [0.3, 0.4) is 0 Å². The smallest absolute Gasteiger partial charge is 0.159 e. The van der Waals surface area contributed by atoms with Crippen molar-refractivity contribution in [3.05, 3.63) is 170 Å². The Bertz CT molecular complexity index is 2860. The standard InChI is InChI=1S/C46H28N4/c1-2-11-31(12-3-1)46-48-27-32(28-49-46)42-36-16-6-8-18-38(36)43(39-19-9-7-17-37(39)42)40-24-23-35(33-14-4-5-15-34(33)40)41-25-22-30-21-20-29-13-10-26-47-44(29)45(30)50-41/h1-28H. The lowest BCUT2D eigenvalue weighted by Crippen LogP contribution is -1.95. The highest BCUT2D eigenvalue weighted by atomic mass is 14.9. The van der Waals surface area contributed by atoms with E-state index in [1.165, 1.54) is 38.1 Å². The molecule has 0 aliphatic carbocycles. The average Bonchev–Trinajstić information content (AvgIpc) is 3.20. The minimum absolute atomic E-state index is 0.719. The molecule has 232 valence electrons. The number of hydrogen-bond donors (Lipinski definition) is 0. The van der Waals surface area contributed by atoms with Crippen LogP contribution < -0.4 is 0 Å². The number of benzene rings is 7. The van der Waals surface area contributed by atoms with E-state index in [0.29, 0.717) is 0 Å². The topological polar surface area (TPSA) is 51.6 Å². The Balaban J connectivity index is 1.20. The van der Waals surface area contributed by atoms with E-state index < -0.39 is 0 Å². The molecule has 3 heterocycles. The van der Waals surface area contributed by atoms with Gasteiger partial charge in [-0.1, -0.05) is 140 Å². The van der Waals surface area contributed by atoms with E-state index >= 15 is 0 Å². The van der Waals surface area contributed by atoms with Gasteiger partial charge < -0.3 is 0 Å². The Kier molecular flexibility index (Phi) is 6.46. The fraction of sp³-hybridized carbons (Fsp3) is 0. The summed E-state index contributed by atoms with van der Waals surface area (Å²) in [6, 6.07) is 53.3. The molecule has 0 radical (unpaired) electrons. The Morgan fingerprint density at radius 3 is 1.56 bits per heavy atom. The third-order valence-corrected chi connectivity index (χ3v) is 9.81. The predicted octanol–water partition coefficient (Wildman–Crippen LogP) is 11.7. The van der Waals surface area contributed by atoms with Crippen LogP contribution >= 0.6 is 0 Å². The molecule has 0 N–H and O–H groups in total. The maximum absolute atomic E-state index is 5.22. The normalized spacial score (nSPS) is 11.6. The van der Waals surface area contributed by atoms with Gasteiger partial charge in [0.2, 0.25) is 0 Å². The third kappa shape index (κ3) is 4.46. The second-order valence-electron chi connectivity index (χ2n) is 12.6. The highest BCUT2D eigenvalue weighted by molar-refractivity contribution is 6.24. The Labute approximate surface area is 288 Å². The number of rotatable bonds is 4. The van der Waals surface area contributed by atoms with Gasteiger partial charge in [0.15, 0.2) is 5.82 Å². The van der Waals surface area contributed by atoms with E-state index in [0.717, 1.165) is 61.0 Å². The molecule has 0 atom stereocenters. The van der Waals surface area contributed by atoms with Crippen molar-refractivity contribution in [2.45, 2.75) is 0 Å². The van der Waals surface area contributed by atoms with Crippen molar-refractivity contribution in [2.75, 3.05) is 0 Å². The Morgan fingerprint density at radius 2 is 0.880 bits per heavy atom. The first-order valence-electron chi connectivity index (χ1n) is 16.8. The maximum Gasteiger partial charge on any atom is 0.159 e. The van der Waals surface area contributed by atoms with Crippen LogP contribution in [0.5, 0.6) is 0 Å². The fourth-order valence-corrected chi connectivity index (χ4v) is 7.54. The quantitative estimate of drug-likeness (QED) is 0.142. The zero-order chi connectivity index (χ0) is 33.0. The first-order valence-corrected chi connectivity index (χ1v) is 16.8. The van der Waals surface area contributed by atoms with Crippen molar-refractivity contribution < 1.29 is 0 Å². The SMILES string of the molecule is c1ccc(-c2ncc(-c3c4ccccc4c(-c4ccc(-c5ccc6ccc7cccnc7c6n5)c5ccccc45)c4ccccc34)cn2)cc1. The van der Waals surface area contributed by atoms with Crippen molar-refractivity contribution in [1.29, 1.82) is 0 Å². The van der Waals surface area contributed by atoms with Crippen LogP contribution in [0.4, 0.5) is 0 Å². The first kappa shape index (κ1) is 28.3. The minimum atomic E-state index is 0.719. The summed E-state index contributed by atoms with van der Waals surface area (Å²) in [4.78, 5) is 19.5. The first-order chi connectivity index (χ1) is 24.8. The predicted molar refractivity (Wildman–Crippen MR) is 207 cm³/mol. The zero-order valence-electron chi connectivity index (χ0n) is 27.0. The molecule has 0 spiro atoms. The molecular formula is C46H28N4. The van der Waals surface area contributed by atoms with Gasteiger partial charge in [-0.25, -0.2) is 15.0 Å². The third-order valence-electron chi connectivity index (χ3n) is 9.81. The van der Waals surface area contributed by atoms with Crippen LogP contribution in [0.2, 0.25) is 0 Å². The Hall–Kier alpha value is -6.78. The summed E-state index contributed by atoms with van der Waals surface area (Å²) in [5.74, 6) is 0.719. The molecule has 0 saturated heterocycles. The van der Waals surface area contributed by atoms with Crippen molar-refractivity contribution in [3.63, 3.8) is 0 Å². The molecule has 0 aliphatic heterocycles. The summed E-state index contributed by atoms with van der Waals surface area (Å²) in [6.45, 7) is 0. The second kappa shape index (κ2) is 11.4. The van der Waals surface area contributed by atoms with Gasteiger partial charge in [0.05, 0.1) is 16.7 Å². The average molecular weight is 637 g/mol. The molecule has 10 rings (SSSR count). The highest BCUT2D eigenvalue weighted by Gasteiger charge is 2.20. The zero-order valence-corrected chi connectivity index (χ0v) is 27.0. The fourth-order valence-electron chi connectivity index (χ4n) is 7.54. The molecule has 0 saturated carbocycles. The van der Waals surface area contributed by atoms with Gasteiger partial charge in [-0.2, -0.15) is 0 Å². The lowest BCUT2D eigenvalue weighted by Gasteiger charge is -2.19. The number of aromatic nitrogens is 4. The molecular weight excluding hydrogens is 609 g/mol. The van der Waals surface area contributed by atoms with Crippen molar-refractivity contribution in [2.24, 2.45) is 0 Å². The summed E-state index contributed by atoms with van der Waals surface area (Å²) in [5, 5.41) is 9.22. The van der Waals surface area contributed by atoms with E-state index in [4.69, 9.17) is 19.9 Å². The summed E-state index contributed by atoms with van der Waals surface area (Å²) in [5.41, 5.74) is 9.41. The van der Waals surface area contributed by atoms with Gasteiger partial charge >= 0.3 is 0 Å². The van der Waals surface area contributed by atoms with Crippen LogP contribution in [0, 0.1) is 0 Å². The molecule has 0 aliphatic rings. The highest BCUT2D eigenvalue weighted by Crippen LogP contribution is 2.46. The van der Waals surface area contributed by atoms with Gasteiger partial charge in [-0.15, -0.1) is 0 Å². The molecule has 0 amide bonds. The molecule has 4 nitrogen and oxygen atoms in total. The van der Waals surface area contributed by atoms with Crippen molar-refractivity contribution in [3.8, 4) is 44.9 Å². The molecule has 10 aromatic rings. The van der Waals surface area contributed by atoms with Crippen LogP contribution in [0.25, 0.3) is 99.0 Å². The number of nitrogens with zero attached hydrogens (tertiary/aromatic N) is 4. The van der Waals surface area contributed by atoms with Gasteiger partial charge in [0, 0.05) is 51.6 Å². The molecule has 3 aromatic heterocycles. The van der Waals surface area contributed by atoms with Crippen molar-refractivity contribution >= 4 is 54.1 Å². The van der Waals surface area contributed by atoms with Crippen molar-refractivity contribution in [1.82, 2.24) is 19.9 Å². The number of hydrogen-bond acceptors (Lipinski definition) is 4. The van der Waals surface area contributed by atoms with E-state index in [1.54, 1.807) is 0 Å². The number of pyridine rings is 2. The summed E-state index contributed by atoms with van der Waals surface area (Å²) >= 11 is 0. The van der Waals surface area contributed by atoms with E-state index in [9.17, 15) is 0 Å². The van der Waals surface area contributed by atoms with Crippen LogP contribution in [-0.2, 0) is 0 Å².